The van der Waals surface area contributed by atoms with Crippen LogP contribution in [0.25, 0.3) is 0 Å². The second-order valence-electron chi connectivity index (χ2n) is 9.52. The number of amides is 1. The molecule has 0 heterocycles. The number of rotatable bonds is 17. The minimum absolute atomic E-state index is 0.355. The highest BCUT2D eigenvalue weighted by molar-refractivity contribution is 5.76. The van der Waals surface area contributed by atoms with E-state index in [4.69, 9.17) is 0 Å². The molecule has 0 spiro atoms. The van der Waals surface area contributed by atoms with Crippen LogP contribution >= 0.6 is 0 Å². The molecule has 0 aromatic heterocycles. The van der Waals surface area contributed by atoms with Gasteiger partial charge in [-0.25, -0.2) is 0 Å². The Labute approximate surface area is 182 Å². The number of hydrogen-bond acceptors (Lipinski definition) is 1. The maximum Gasteiger partial charge on any atom is 0.223 e. The summed E-state index contributed by atoms with van der Waals surface area (Å²) in [7, 11) is 0. The summed E-state index contributed by atoms with van der Waals surface area (Å²) in [6.45, 7) is 6.65. The van der Waals surface area contributed by atoms with Gasteiger partial charge in [-0.3, -0.25) is 4.79 Å². The fraction of sp³-hybridized carbons (Fsp3) is 0.889. The normalized spacial score (nSPS) is 15.4. The van der Waals surface area contributed by atoms with Gasteiger partial charge in [-0.15, -0.1) is 0 Å². The fourth-order valence-electron chi connectivity index (χ4n) is 4.75. The SMILES string of the molecule is CCCCCCCC/C=C\CCCCCCCC(=O)N(C(C)C)C1CCCCC1. The summed E-state index contributed by atoms with van der Waals surface area (Å²) < 4.78 is 0. The maximum absolute atomic E-state index is 12.7. The first-order valence-electron chi connectivity index (χ1n) is 13.1. The van der Waals surface area contributed by atoms with Crippen molar-refractivity contribution < 1.29 is 4.79 Å². The molecule has 0 saturated heterocycles. The van der Waals surface area contributed by atoms with Gasteiger partial charge < -0.3 is 4.90 Å². The molecule has 2 nitrogen and oxygen atoms in total. The molecule has 0 aliphatic heterocycles. The molecule has 29 heavy (non-hydrogen) atoms. The zero-order chi connectivity index (χ0) is 21.2. The van der Waals surface area contributed by atoms with Crippen LogP contribution in [0, 0.1) is 0 Å². The Kier molecular flexibility index (Phi) is 16.3. The molecule has 1 rings (SSSR count). The first-order chi connectivity index (χ1) is 14.2. The van der Waals surface area contributed by atoms with Crippen LogP contribution in [0.4, 0.5) is 0 Å². The first kappa shape index (κ1) is 26.2. The number of unbranched alkanes of at least 4 members (excludes halogenated alkanes) is 11. The lowest BCUT2D eigenvalue weighted by Gasteiger charge is -2.37. The van der Waals surface area contributed by atoms with Crippen molar-refractivity contribution >= 4 is 5.91 Å². The van der Waals surface area contributed by atoms with Gasteiger partial charge in [0.1, 0.15) is 0 Å². The predicted octanol–water partition coefficient (Wildman–Crippen LogP) is 8.59. The number of hydrogen-bond donors (Lipinski definition) is 0. The van der Waals surface area contributed by atoms with Gasteiger partial charge in [-0.1, -0.05) is 89.7 Å². The number of allylic oxidation sites excluding steroid dienone is 2. The van der Waals surface area contributed by atoms with Crippen molar-refractivity contribution in [3.8, 4) is 0 Å². The van der Waals surface area contributed by atoms with Crippen molar-refractivity contribution in [1.82, 2.24) is 4.90 Å². The first-order valence-corrected chi connectivity index (χ1v) is 13.1. The van der Waals surface area contributed by atoms with E-state index in [1.54, 1.807) is 0 Å². The van der Waals surface area contributed by atoms with Crippen LogP contribution in [0.15, 0.2) is 12.2 Å². The summed E-state index contributed by atoms with van der Waals surface area (Å²) in [6, 6.07) is 0.869. The molecule has 0 aromatic carbocycles. The van der Waals surface area contributed by atoms with Crippen LogP contribution in [-0.2, 0) is 4.79 Å². The molecule has 0 atom stereocenters. The zero-order valence-electron chi connectivity index (χ0n) is 20.1. The summed E-state index contributed by atoms with van der Waals surface area (Å²) in [5.41, 5.74) is 0. The second kappa shape index (κ2) is 18.0. The quantitative estimate of drug-likeness (QED) is 0.175. The Morgan fingerprint density at radius 2 is 1.31 bits per heavy atom. The lowest BCUT2D eigenvalue weighted by Crippen LogP contribution is -2.45. The van der Waals surface area contributed by atoms with Gasteiger partial charge in [-0.2, -0.15) is 0 Å². The summed E-state index contributed by atoms with van der Waals surface area (Å²) >= 11 is 0. The summed E-state index contributed by atoms with van der Waals surface area (Å²) in [4.78, 5) is 15.0. The molecular formula is C27H51NO. The Morgan fingerprint density at radius 3 is 1.86 bits per heavy atom. The van der Waals surface area contributed by atoms with E-state index in [0.29, 0.717) is 18.0 Å². The van der Waals surface area contributed by atoms with E-state index < -0.39 is 0 Å². The lowest BCUT2D eigenvalue weighted by atomic mass is 9.93. The van der Waals surface area contributed by atoms with Crippen molar-refractivity contribution in [1.29, 1.82) is 0 Å². The van der Waals surface area contributed by atoms with Crippen molar-refractivity contribution in [2.45, 2.75) is 155 Å². The van der Waals surface area contributed by atoms with E-state index in [1.165, 1.54) is 109 Å². The third-order valence-corrected chi connectivity index (χ3v) is 6.46. The lowest BCUT2D eigenvalue weighted by molar-refractivity contribution is -0.136. The van der Waals surface area contributed by atoms with E-state index in [-0.39, 0.29) is 0 Å². The standard InChI is InChI=1S/C27H51NO/c1-4-5-6-7-8-9-10-11-12-13-14-15-16-17-21-24-27(29)28(25(2)3)26-22-19-18-20-23-26/h11-12,25-26H,4-10,13-24H2,1-3H3/b12-11-. The topological polar surface area (TPSA) is 20.3 Å². The van der Waals surface area contributed by atoms with Gasteiger partial charge in [-0.05, 0) is 58.8 Å². The van der Waals surface area contributed by atoms with E-state index >= 15 is 0 Å². The molecular weight excluding hydrogens is 354 g/mol. The highest BCUT2D eigenvalue weighted by Gasteiger charge is 2.26. The van der Waals surface area contributed by atoms with Crippen LogP contribution in [0.5, 0.6) is 0 Å². The van der Waals surface area contributed by atoms with Gasteiger partial charge in [0.15, 0.2) is 0 Å². The summed E-state index contributed by atoms with van der Waals surface area (Å²) in [6.07, 6.45) is 29.0. The number of carbonyl (C=O) groups is 1. The van der Waals surface area contributed by atoms with Crippen LogP contribution in [0.3, 0.4) is 0 Å². The molecule has 0 radical (unpaired) electrons. The van der Waals surface area contributed by atoms with E-state index in [0.717, 1.165) is 12.8 Å². The molecule has 0 bridgehead atoms. The van der Waals surface area contributed by atoms with Crippen LogP contribution < -0.4 is 0 Å². The molecule has 1 fully saturated rings. The third-order valence-electron chi connectivity index (χ3n) is 6.46. The minimum atomic E-state index is 0.355. The molecule has 1 amide bonds. The van der Waals surface area contributed by atoms with Crippen molar-refractivity contribution in [2.24, 2.45) is 0 Å². The van der Waals surface area contributed by atoms with Crippen LogP contribution in [-0.4, -0.2) is 22.9 Å². The smallest absolute Gasteiger partial charge is 0.223 e. The average Bonchev–Trinajstić information content (AvgIpc) is 2.71. The van der Waals surface area contributed by atoms with Gasteiger partial charge in [0, 0.05) is 18.5 Å². The monoisotopic (exact) mass is 405 g/mol. The van der Waals surface area contributed by atoms with Gasteiger partial charge in [0.05, 0.1) is 0 Å². The molecule has 0 aromatic rings. The van der Waals surface area contributed by atoms with Gasteiger partial charge in [0.25, 0.3) is 0 Å². The minimum Gasteiger partial charge on any atom is -0.337 e. The molecule has 1 aliphatic rings. The Hall–Kier alpha value is -0.790. The number of carbonyl (C=O) groups excluding carboxylic acids is 1. The van der Waals surface area contributed by atoms with Gasteiger partial charge >= 0.3 is 0 Å². The van der Waals surface area contributed by atoms with Crippen molar-refractivity contribution in [2.75, 3.05) is 0 Å². The zero-order valence-corrected chi connectivity index (χ0v) is 20.1. The Bertz CT molecular complexity index is 409. The fourth-order valence-corrected chi connectivity index (χ4v) is 4.75. The highest BCUT2D eigenvalue weighted by atomic mass is 16.2. The number of nitrogens with zero attached hydrogens (tertiary/aromatic N) is 1. The predicted molar refractivity (Wildman–Crippen MR) is 128 cm³/mol. The Morgan fingerprint density at radius 1 is 0.793 bits per heavy atom. The molecule has 0 N–H and O–H groups in total. The molecule has 170 valence electrons. The molecule has 1 saturated carbocycles. The largest absolute Gasteiger partial charge is 0.337 e. The summed E-state index contributed by atoms with van der Waals surface area (Å²) in [5.74, 6) is 0.407. The molecule has 1 aliphatic carbocycles. The summed E-state index contributed by atoms with van der Waals surface area (Å²) in [5, 5.41) is 0. The van der Waals surface area contributed by atoms with Crippen molar-refractivity contribution in [3.05, 3.63) is 12.2 Å². The maximum atomic E-state index is 12.7. The van der Waals surface area contributed by atoms with Crippen LogP contribution in [0.2, 0.25) is 0 Å². The second-order valence-corrected chi connectivity index (χ2v) is 9.52. The van der Waals surface area contributed by atoms with E-state index in [2.05, 4.69) is 37.8 Å². The van der Waals surface area contributed by atoms with E-state index in [9.17, 15) is 4.79 Å². The third kappa shape index (κ3) is 13.2. The van der Waals surface area contributed by atoms with E-state index in [1.807, 2.05) is 0 Å². The molecule has 0 unspecified atom stereocenters. The average molecular weight is 406 g/mol. The Balaban J connectivity index is 1.97. The van der Waals surface area contributed by atoms with Gasteiger partial charge in [0.2, 0.25) is 5.91 Å². The molecule has 2 heteroatoms. The van der Waals surface area contributed by atoms with Crippen LogP contribution in [0.1, 0.15) is 143 Å². The van der Waals surface area contributed by atoms with Crippen molar-refractivity contribution in [3.63, 3.8) is 0 Å². The highest BCUT2D eigenvalue weighted by Crippen LogP contribution is 2.25.